The van der Waals surface area contributed by atoms with Crippen LogP contribution in [-0.4, -0.2) is 230 Å². The molecule has 2 unspecified atom stereocenters. The molecule has 9 rings (SSSR count). The van der Waals surface area contributed by atoms with Crippen LogP contribution in [0.25, 0.3) is 0 Å². The van der Waals surface area contributed by atoms with Crippen molar-refractivity contribution in [3.05, 3.63) is 149 Å². The molecule has 2 atom stereocenters. The molecule has 6 amide bonds. The summed E-state index contributed by atoms with van der Waals surface area (Å²) in [4.78, 5) is 111. The van der Waals surface area contributed by atoms with Crippen molar-refractivity contribution in [1.29, 1.82) is 0 Å². The van der Waals surface area contributed by atoms with Gasteiger partial charge in [0.15, 0.2) is 23.1 Å². The number of benzene rings is 5. The van der Waals surface area contributed by atoms with Gasteiger partial charge in [-0.05, 0) is 260 Å². The molecule has 0 spiro atoms. The molecule has 0 aliphatic carbocycles. The molecule has 5 aromatic rings. The third-order valence-corrected chi connectivity index (χ3v) is 22.6. The zero-order chi connectivity index (χ0) is 95.4. The first kappa shape index (κ1) is 112. The molecule has 4 aliphatic heterocycles. The summed E-state index contributed by atoms with van der Waals surface area (Å²) in [6.45, 7) is 61.5. The number of nitrogens with zero attached hydrogens (tertiary/aromatic N) is 8. The van der Waals surface area contributed by atoms with E-state index in [1.54, 1.807) is 41.5 Å². The molecule has 706 valence electrons. The van der Waals surface area contributed by atoms with Gasteiger partial charge in [0, 0.05) is 189 Å². The second kappa shape index (κ2) is 47.9. The Bertz CT molecular complexity index is 4690. The van der Waals surface area contributed by atoms with Crippen molar-refractivity contribution in [2.45, 2.75) is 239 Å². The predicted octanol–water partition coefficient (Wildman–Crippen LogP) is 20.2. The summed E-state index contributed by atoms with van der Waals surface area (Å²) in [7, 11) is -5.85. The predicted molar refractivity (Wildman–Crippen MR) is 500 cm³/mol. The number of phenols is 1. The number of carbonyl (C=O) groups excluding carboxylic acids is 8. The quantitative estimate of drug-likeness (QED) is 0.0264. The number of halogens is 8. The van der Waals surface area contributed by atoms with Crippen molar-refractivity contribution < 1.29 is 83.4 Å². The van der Waals surface area contributed by atoms with E-state index in [9.17, 15) is 65.1 Å². The minimum atomic E-state index is -5.85. The first-order valence-electron chi connectivity index (χ1n) is 41.6. The Morgan fingerprint density at radius 1 is 0.452 bits per heavy atom. The average Bonchev–Trinajstić information content (AvgIpc) is 0.801. The van der Waals surface area contributed by atoms with Crippen molar-refractivity contribution in [3.8, 4) is 11.5 Å². The monoisotopic (exact) mass is 1880 g/mol. The highest BCUT2D eigenvalue weighted by Gasteiger charge is 2.49. The van der Waals surface area contributed by atoms with E-state index in [-0.39, 0.29) is 94.8 Å². The van der Waals surface area contributed by atoms with E-state index >= 15 is 0 Å². The molecule has 0 saturated carbocycles. The van der Waals surface area contributed by atoms with E-state index < -0.39 is 44.0 Å². The normalized spacial score (nSPS) is 15.0. The number of piperazine rings is 4. The number of urea groups is 1. The lowest BCUT2D eigenvalue weighted by Crippen LogP contribution is -2.54. The first-order chi connectivity index (χ1) is 57.3. The molecule has 0 aromatic heterocycles. The van der Waals surface area contributed by atoms with E-state index in [2.05, 4.69) is 73.8 Å². The van der Waals surface area contributed by atoms with Gasteiger partial charge in [0.1, 0.15) is 22.6 Å². The highest BCUT2D eigenvalue weighted by molar-refractivity contribution is 7.88. The van der Waals surface area contributed by atoms with Crippen LogP contribution >= 0.6 is 58.0 Å². The number of anilines is 3. The summed E-state index contributed by atoms with van der Waals surface area (Å²) in [6.07, 6.45) is -0.795. The summed E-state index contributed by atoms with van der Waals surface area (Å²) in [5, 5.41) is 21.6. The Balaban J connectivity index is 0.000000400. The smallest absolute Gasteiger partial charge is 0.507 e. The number of ether oxygens (including phenoxy) is 3. The van der Waals surface area contributed by atoms with Gasteiger partial charge in [0.2, 0.25) is 5.91 Å². The van der Waals surface area contributed by atoms with Crippen LogP contribution in [0.15, 0.2) is 60.7 Å². The minimum absolute atomic E-state index is 0. The van der Waals surface area contributed by atoms with E-state index in [4.69, 9.17) is 72.2 Å². The number of rotatable bonds is 14. The maximum Gasteiger partial charge on any atom is 0.534 e. The number of carbonyl (C=O) groups is 8. The number of alkyl halides is 3. The van der Waals surface area contributed by atoms with Gasteiger partial charge in [-0.3, -0.25) is 19.2 Å². The minimum Gasteiger partial charge on any atom is -0.507 e. The molecule has 4 saturated heterocycles. The lowest BCUT2D eigenvalue weighted by Gasteiger charge is -2.40. The van der Waals surface area contributed by atoms with Gasteiger partial charge >= 0.3 is 39.9 Å². The largest absolute Gasteiger partial charge is 0.534 e. The van der Waals surface area contributed by atoms with Gasteiger partial charge in [0.05, 0.1) is 17.2 Å². The van der Waals surface area contributed by atoms with Crippen molar-refractivity contribution in [2.75, 3.05) is 119 Å². The van der Waals surface area contributed by atoms with Crippen LogP contribution in [0.4, 0.5) is 49.4 Å². The molecular formula is C91H134Cl5F3N11O15S-. The topological polar surface area (TPSA) is 290 Å². The third kappa shape index (κ3) is 35.3. The van der Waals surface area contributed by atoms with E-state index in [1.165, 1.54) is 37.2 Å². The number of hydrogen-bond donors (Lipinski definition) is 4. The maximum atomic E-state index is 12.4. The van der Waals surface area contributed by atoms with E-state index in [0.717, 1.165) is 103 Å². The average molecular weight is 1890 g/mol. The Labute approximate surface area is 770 Å². The fraction of sp³-hybridized carbons (Fsp3) is 0.571. The molecule has 4 N–H and O–H groups in total. The molecule has 5 aromatic carbocycles. The van der Waals surface area contributed by atoms with Crippen molar-refractivity contribution in [1.82, 2.24) is 40.4 Å². The highest BCUT2D eigenvalue weighted by Crippen LogP contribution is 2.39. The molecule has 126 heavy (non-hydrogen) atoms. The maximum absolute atomic E-state index is 12.4. The number of amides is 6. The Hall–Kier alpha value is -8.23. The van der Waals surface area contributed by atoms with E-state index in [0.29, 0.717) is 97.7 Å². The van der Waals surface area contributed by atoms with Gasteiger partial charge in [-0.2, -0.15) is 21.6 Å². The molecule has 0 bridgehead atoms. The molecule has 0 radical (unpaired) electrons. The highest BCUT2D eigenvalue weighted by atomic mass is 35.5. The Morgan fingerprint density at radius 2 is 0.786 bits per heavy atom. The molecule has 35 heteroatoms. The van der Waals surface area contributed by atoms with Crippen LogP contribution < -0.4 is 34.8 Å². The van der Waals surface area contributed by atoms with Gasteiger partial charge in [0.25, 0.3) is 0 Å². The number of aryl methyl sites for hydroxylation is 5. The Kier molecular flexibility index (Phi) is 42.6. The van der Waals surface area contributed by atoms with Crippen molar-refractivity contribution >= 4 is 133 Å². The molecular weight excluding hydrogens is 1750 g/mol. The van der Waals surface area contributed by atoms with Crippen LogP contribution in [0.3, 0.4) is 0 Å². The molecule has 26 nitrogen and oxygen atoms in total. The standard InChI is InChI=1S/C23H36ClN3O3.C21H34ClN3O2.C18H25ClN2O3.C10H8ClF3O4S.C9H9ClO2.C9H19N3O.CH3/c1-15(2)27(18(5)28)17(4)19-14-20(24)16(3)13-21(19)25-9-11-26(12-10-25)22(29)30-23(6,7)8;1-14(2)23-16(4)17-13-18(22)15(3)12-19(17)24-8-10-25(11-9-24)20(26)27-21(5,6)7;1-12-10-16(14(13(2)22)11-15(12)19)20-6-8-21(9-7-20)17(23)24-18(3,4)5;1-5-3-7(6(2)15)9(4-8(5)11)18-19(16,17)10(12,13)14;1-5-3-9(12)7(6(2)11)4-8(5)10;1-9(2,3)11-8(13)12-6-4-10-5-7-12;/h13-15,17H,9-12H2,1-8H3;12-14,16,23H,8-11H2,1-7H3;10-11H,6-9H2,1-5H3;3-4H,1-2H3;3-4,12H,1-2H3;10H,4-7H2,1-3H3,(H,11,13);1H3/q;;;;;;-1. The number of ketones is 3. The Morgan fingerprint density at radius 3 is 1.13 bits per heavy atom. The number of phenolic OH excluding ortho intramolecular Hbond substituents is 1. The summed E-state index contributed by atoms with van der Waals surface area (Å²) in [6, 6.07) is 17.6. The van der Waals surface area contributed by atoms with Crippen molar-refractivity contribution in [2.24, 2.45) is 0 Å². The van der Waals surface area contributed by atoms with Crippen LogP contribution in [-0.2, 0) is 29.1 Å². The van der Waals surface area contributed by atoms with Gasteiger partial charge in [-0.25, -0.2) is 19.2 Å². The van der Waals surface area contributed by atoms with Crippen LogP contribution in [0.1, 0.15) is 234 Å². The zero-order valence-electron chi connectivity index (χ0n) is 78.6. The van der Waals surface area contributed by atoms with Gasteiger partial charge in [-0.15, -0.1) is 0 Å². The summed E-state index contributed by atoms with van der Waals surface area (Å²) < 4.78 is 78.7. The lowest BCUT2D eigenvalue weighted by atomic mass is 9.99. The number of Topliss-reactive ketones (excluding diaryl/α,β-unsaturated/α-hetero) is 3. The SMILES string of the molecule is CC(=O)N(C(C)C)C(C)c1cc(Cl)c(C)cc1N1CCN(C(=O)OC(C)(C)C)CC1.CC(=O)c1cc(C)c(Cl)cc1OS(=O)(=O)C(F)(F)F.CC(=O)c1cc(Cl)c(C)cc1N1CCN(C(=O)OC(C)(C)C)CC1.CC(=O)c1cc(Cl)c(C)cc1O.CC(C)(C)NC(=O)N1CCNCC1.Cc1cc(N2CCN(C(=O)OC(C)(C)C)CC2)c(C(C)NC(C)C)cc1Cl.[CH3-]. The van der Waals surface area contributed by atoms with Crippen LogP contribution in [0.2, 0.25) is 25.1 Å². The van der Waals surface area contributed by atoms with E-state index in [1.807, 2.05) is 147 Å². The third-order valence-electron chi connectivity index (χ3n) is 19.6. The number of nitrogens with one attached hydrogen (secondary N) is 3. The second-order valence-electron chi connectivity index (χ2n) is 35.8. The molecule has 4 heterocycles. The molecule has 4 aliphatic rings. The van der Waals surface area contributed by atoms with Gasteiger partial charge < -0.3 is 86.1 Å². The fourth-order valence-electron chi connectivity index (χ4n) is 13.4. The second-order valence-corrected chi connectivity index (χ2v) is 39.4. The first-order valence-corrected chi connectivity index (χ1v) is 44.9. The van der Waals surface area contributed by atoms with Crippen LogP contribution in [0, 0.1) is 42.0 Å². The summed E-state index contributed by atoms with van der Waals surface area (Å²) in [5.41, 5.74) is 2.96. The number of aromatic hydroxyl groups is 1. The summed E-state index contributed by atoms with van der Waals surface area (Å²) in [5.74, 6) is -1.57. The summed E-state index contributed by atoms with van der Waals surface area (Å²) >= 11 is 30.5. The van der Waals surface area contributed by atoms with Crippen LogP contribution in [0.5, 0.6) is 11.5 Å². The van der Waals surface area contributed by atoms with Crippen molar-refractivity contribution in [3.63, 3.8) is 0 Å². The van der Waals surface area contributed by atoms with Gasteiger partial charge in [-0.1, -0.05) is 71.9 Å². The zero-order valence-corrected chi connectivity index (χ0v) is 83.2. The number of hydrogen-bond acceptors (Lipinski definition) is 20. The molecule has 4 fully saturated rings. The fourth-order valence-corrected chi connectivity index (χ4v) is 14.7. The lowest BCUT2D eigenvalue weighted by molar-refractivity contribution is -0.132.